The molecule has 0 radical (unpaired) electrons. The number of hydrogen-bond donors (Lipinski definition) is 0. The molecule has 0 atom stereocenters. The molecule has 0 N–H and O–H groups in total. The molecule has 0 bridgehead atoms. The van der Waals surface area contributed by atoms with Crippen molar-refractivity contribution in [2.24, 2.45) is 0 Å². The molecule has 0 unspecified atom stereocenters. The molecular formula is C14H17N. The van der Waals surface area contributed by atoms with Crippen molar-refractivity contribution in [2.45, 2.75) is 0 Å². The predicted molar refractivity (Wildman–Crippen MR) is 69.1 cm³/mol. The van der Waals surface area contributed by atoms with Crippen molar-refractivity contribution in [3.8, 4) is 0 Å². The third kappa shape index (κ3) is 3.13. The van der Waals surface area contributed by atoms with Gasteiger partial charge in [0.2, 0.25) is 0 Å². The fourth-order valence-corrected chi connectivity index (χ4v) is 1.45. The van der Waals surface area contributed by atoms with Gasteiger partial charge in [-0.1, -0.05) is 36.9 Å². The van der Waals surface area contributed by atoms with E-state index in [1.54, 1.807) is 0 Å². The fourth-order valence-electron chi connectivity index (χ4n) is 1.45. The first kappa shape index (κ1) is 11.3. The van der Waals surface area contributed by atoms with Gasteiger partial charge in [0, 0.05) is 18.8 Å². The average Bonchev–Trinajstić information content (AvgIpc) is 2.29. The second kappa shape index (κ2) is 5.86. The van der Waals surface area contributed by atoms with Crippen LogP contribution in [0.4, 0.5) is 5.69 Å². The fraction of sp³-hybridized carbons (Fsp3) is 0.143. The van der Waals surface area contributed by atoms with E-state index in [0.29, 0.717) is 0 Å². The van der Waals surface area contributed by atoms with Crippen LogP contribution in [0.15, 0.2) is 56.2 Å². The van der Waals surface area contributed by atoms with Gasteiger partial charge in [-0.05, 0) is 17.7 Å². The predicted octanol–water partition coefficient (Wildman–Crippen LogP) is 3.51. The van der Waals surface area contributed by atoms with Gasteiger partial charge in [-0.2, -0.15) is 0 Å². The molecule has 1 aromatic rings. The maximum atomic E-state index is 3.76. The number of nitrogens with zero attached hydrogens (tertiary/aromatic N) is 1. The Kier molecular flexibility index (Phi) is 4.42. The van der Waals surface area contributed by atoms with Gasteiger partial charge < -0.3 is 4.90 Å². The summed E-state index contributed by atoms with van der Waals surface area (Å²) in [6.45, 7) is 12.9. The molecule has 0 saturated carbocycles. The van der Waals surface area contributed by atoms with Gasteiger partial charge >= 0.3 is 0 Å². The smallest absolute Gasteiger partial charge is 0.0377 e. The zero-order valence-corrected chi connectivity index (χ0v) is 9.02. The van der Waals surface area contributed by atoms with E-state index in [0.717, 1.165) is 18.7 Å². The first-order valence-corrected chi connectivity index (χ1v) is 5.01. The number of anilines is 1. The molecule has 0 spiro atoms. The molecular weight excluding hydrogens is 182 g/mol. The van der Waals surface area contributed by atoms with E-state index in [1.807, 2.05) is 30.4 Å². The van der Waals surface area contributed by atoms with Crippen LogP contribution >= 0.6 is 0 Å². The van der Waals surface area contributed by atoms with Gasteiger partial charge in [0.25, 0.3) is 0 Å². The molecule has 0 aromatic heterocycles. The maximum Gasteiger partial charge on any atom is 0.0377 e. The summed E-state index contributed by atoms with van der Waals surface area (Å²) in [6.07, 6.45) is 5.64. The van der Waals surface area contributed by atoms with Gasteiger partial charge in [0.1, 0.15) is 0 Å². The lowest BCUT2D eigenvalue weighted by atomic mass is 10.2. The van der Waals surface area contributed by atoms with E-state index >= 15 is 0 Å². The second-order valence-electron chi connectivity index (χ2n) is 3.28. The Bertz CT molecular complexity index is 342. The van der Waals surface area contributed by atoms with Crippen LogP contribution in [-0.2, 0) is 0 Å². The van der Waals surface area contributed by atoms with Crippen LogP contribution in [0.25, 0.3) is 6.08 Å². The van der Waals surface area contributed by atoms with Crippen LogP contribution in [0.2, 0.25) is 0 Å². The van der Waals surface area contributed by atoms with E-state index in [4.69, 9.17) is 0 Å². The Balaban J connectivity index is 2.92. The normalized spacial score (nSPS) is 9.33. The van der Waals surface area contributed by atoms with E-state index in [2.05, 4.69) is 36.8 Å². The summed E-state index contributed by atoms with van der Waals surface area (Å²) in [5.41, 5.74) is 2.30. The van der Waals surface area contributed by atoms with Crippen LogP contribution in [-0.4, -0.2) is 13.1 Å². The molecule has 0 saturated heterocycles. The van der Waals surface area contributed by atoms with Gasteiger partial charge in [0.15, 0.2) is 0 Å². The first-order valence-electron chi connectivity index (χ1n) is 5.01. The van der Waals surface area contributed by atoms with Crippen LogP contribution < -0.4 is 4.90 Å². The van der Waals surface area contributed by atoms with Gasteiger partial charge in [-0.15, -0.1) is 13.2 Å². The Morgan fingerprint density at radius 1 is 1.07 bits per heavy atom. The molecule has 78 valence electrons. The summed E-state index contributed by atoms with van der Waals surface area (Å²) in [6, 6.07) is 8.27. The molecule has 0 amide bonds. The van der Waals surface area contributed by atoms with Crippen LogP contribution in [0.3, 0.4) is 0 Å². The molecule has 0 heterocycles. The van der Waals surface area contributed by atoms with E-state index in [1.165, 1.54) is 5.69 Å². The molecule has 1 nitrogen and oxygen atoms in total. The first-order chi connectivity index (χ1) is 7.31. The molecule has 0 fully saturated rings. The third-order valence-corrected chi connectivity index (χ3v) is 2.17. The lowest BCUT2D eigenvalue weighted by Gasteiger charge is -2.21. The van der Waals surface area contributed by atoms with Crippen molar-refractivity contribution in [1.29, 1.82) is 0 Å². The highest BCUT2D eigenvalue weighted by molar-refractivity contribution is 5.57. The highest BCUT2D eigenvalue weighted by atomic mass is 15.1. The summed E-state index contributed by atoms with van der Waals surface area (Å²) in [4.78, 5) is 2.20. The molecule has 0 aliphatic heterocycles. The van der Waals surface area contributed by atoms with Crippen molar-refractivity contribution >= 4 is 11.8 Å². The lowest BCUT2D eigenvalue weighted by Crippen LogP contribution is -2.22. The number of rotatable bonds is 6. The summed E-state index contributed by atoms with van der Waals surface area (Å²) >= 11 is 0. The monoisotopic (exact) mass is 199 g/mol. The van der Waals surface area contributed by atoms with Crippen LogP contribution in [0.5, 0.6) is 0 Å². The van der Waals surface area contributed by atoms with Crippen molar-refractivity contribution < 1.29 is 0 Å². The summed E-state index contributed by atoms with van der Waals surface area (Å²) in [5.74, 6) is 0. The minimum atomic E-state index is 0.826. The van der Waals surface area contributed by atoms with E-state index in [-0.39, 0.29) is 0 Å². The maximum absolute atomic E-state index is 3.76. The van der Waals surface area contributed by atoms with Gasteiger partial charge in [-0.25, -0.2) is 0 Å². The number of hydrogen-bond acceptors (Lipinski definition) is 1. The van der Waals surface area contributed by atoms with Crippen molar-refractivity contribution in [3.05, 3.63) is 61.7 Å². The molecule has 1 aromatic carbocycles. The minimum Gasteiger partial charge on any atom is -0.364 e. The topological polar surface area (TPSA) is 3.24 Å². The van der Waals surface area contributed by atoms with Gasteiger partial charge in [0.05, 0.1) is 0 Å². The molecule has 1 rings (SSSR count). The molecule has 1 heteroatoms. The Hall–Kier alpha value is -1.76. The van der Waals surface area contributed by atoms with Gasteiger partial charge in [-0.3, -0.25) is 0 Å². The Labute approximate surface area is 92.0 Å². The average molecular weight is 199 g/mol. The standard InChI is InChI=1S/C14H17N/c1-4-10-15(11-5-2)14-9-7-8-13(6-3)12-14/h4-9,12H,1-3,10-11H2. The highest BCUT2D eigenvalue weighted by Gasteiger charge is 2.02. The second-order valence-corrected chi connectivity index (χ2v) is 3.28. The van der Waals surface area contributed by atoms with Crippen molar-refractivity contribution in [2.75, 3.05) is 18.0 Å². The zero-order chi connectivity index (χ0) is 11.1. The summed E-state index contributed by atoms with van der Waals surface area (Å²) in [7, 11) is 0. The zero-order valence-electron chi connectivity index (χ0n) is 9.02. The van der Waals surface area contributed by atoms with Crippen molar-refractivity contribution in [3.63, 3.8) is 0 Å². The largest absolute Gasteiger partial charge is 0.364 e. The Morgan fingerprint density at radius 2 is 1.73 bits per heavy atom. The van der Waals surface area contributed by atoms with Crippen molar-refractivity contribution in [1.82, 2.24) is 0 Å². The molecule has 15 heavy (non-hydrogen) atoms. The summed E-state index contributed by atoms with van der Waals surface area (Å²) in [5, 5.41) is 0. The SMILES string of the molecule is C=CCN(CC=C)c1cccc(C=C)c1. The van der Waals surface area contributed by atoms with Crippen LogP contribution in [0.1, 0.15) is 5.56 Å². The quantitative estimate of drug-likeness (QED) is 0.634. The number of benzene rings is 1. The Morgan fingerprint density at radius 3 is 2.27 bits per heavy atom. The minimum absolute atomic E-state index is 0.826. The lowest BCUT2D eigenvalue weighted by molar-refractivity contribution is 0.956. The molecule has 0 aliphatic carbocycles. The third-order valence-electron chi connectivity index (χ3n) is 2.17. The van der Waals surface area contributed by atoms with E-state index in [9.17, 15) is 0 Å². The highest BCUT2D eigenvalue weighted by Crippen LogP contribution is 2.16. The molecule has 0 aliphatic rings. The summed E-state index contributed by atoms with van der Waals surface area (Å²) < 4.78 is 0. The van der Waals surface area contributed by atoms with Crippen LogP contribution in [0, 0.1) is 0 Å². The van der Waals surface area contributed by atoms with E-state index < -0.39 is 0 Å².